The summed E-state index contributed by atoms with van der Waals surface area (Å²) in [4.78, 5) is 22.6. The summed E-state index contributed by atoms with van der Waals surface area (Å²) in [6, 6.07) is 10.2. The number of hydrogen-bond donors (Lipinski definition) is 1. The van der Waals surface area contributed by atoms with Crippen LogP contribution in [0.1, 0.15) is 12.0 Å². The van der Waals surface area contributed by atoms with E-state index in [1.165, 1.54) is 7.11 Å². The number of nitro groups is 1. The van der Waals surface area contributed by atoms with Gasteiger partial charge in [0.2, 0.25) is 0 Å². The van der Waals surface area contributed by atoms with Crippen molar-refractivity contribution in [3.05, 3.63) is 52.1 Å². The molecule has 1 atom stereocenters. The van der Waals surface area contributed by atoms with Crippen molar-refractivity contribution in [2.45, 2.75) is 19.0 Å². The number of esters is 1. The van der Waals surface area contributed by atoms with E-state index in [0.717, 1.165) is 22.1 Å². The number of rotatable bonds is 8. The molecule has 0 saturated heterocycles. The van der Waals surface area contributed by atoms with Gasteiger partial charge in [-0.1, -0.05) is 24.3 Å². The number of nitrogens with zero attached hydrogens (tertiary/aromatic N) is 1. The molecule has 2 aromatic carbocycles. The van der Waals surface area contributed by atoms with Crippen molar-refractivity contribution < 1.29 is 14.5 Å². The molecule has 128 valence electrons. The number of ether oxygens (including phenoxy) is 1. The van der Waals surface area contributed by atoms with Gasteiger partial charge in [-0.25, -0.2) is 0 Å². The Morgan fingerprint density at radius 3 is 2.79 bits per heavy atom. The molecule has 0 aliphatic rings. The monoisotopic (exact) mass is 348 g/mol. The number of benzene rings is 2. The average Bonchev–Trinajstić information content (AvgIpc) is 2.60. The van der Waals surface area contributed by atoms with Gasteiger partial charge in [-0.05, 0) is 34.8 Å². The van der Waals surface area contributed by atoms with Crippen LogP contribution in [-0.4, -0.2) is 36.1 Å². The molecule has 2 rings (SSSR count). The average molecular weight is 348 g/mol. The summed E-state index contributed by atoms with van der Waals surface area (Å²) in [5.41, 5.74) is 0.835. The van der Waals surface area contributed by atoms with E-state index in [2.05, 4.69) is 5.32 Å². The second-order valence-electron chi connectivity index (χ2n) is 5.32. The topological polar surface area (TPSA) is 81.5 Å². The van der Waals surface area contributed by atoms with Crippen LogP contribution < -0.4 is 5.32 Å². The van der Waals surface area contributed by atoms with Crippen LogP contribution in [0.5, 0.6) is 0 Å². The Labute approximate surface area is 144 Å². The highest BCUT2D eigenvalue weighted by atomic mass is 32.2. The maximum Gasteiger partial charge on any atom is 0.322 e. The van der Waals surface area contributed by atoms with E-state index in [-0.39, 0.29) is 11.7 Å². The smallest absolute Gasteiger partial charge is 0.322 e. The van der Waals surface area contributed by atoms with Gasteiger partial charge in [0, 0.05) is 18.7 Å². The Balaban J connectivity index is 2.27. The van der Waals surface area contributed by atoms with E-state index >= 15 is 0 Å². The van der Waals surface area contributed by atoms with E-state index < -0.39 is 11.0 Å². The van der Waals surface area contributed by atoms with E-state index in [1.807, 2.05) is 30.5 Å². The molecule has 0 aromatic heterocycles. The summed E-state index contributed by atoms with van der Waals surface area (Å²) in [7, 11) is 1.36. The molecule has 0 fully saturated rings. The van der Waals surface area contributed by atoms with E-state index in [1.54, 1.807) is 23.9 Å². The third kappa shape index (κ3) is 4.46. The molecular formula is C17H20N2O4S. The SMILES string of the molecule is COC(=O)[C@H](CCSC)NCc1cc([N+](=O)[O-])cc2ccccc12. The number of nitrogens with one attached hydrogen (secondary N) is 1. The first-order valence-electron chi connectivity index (χ1n) is 7.53. The van der Waals surface area contributed by atoms with Gasteiger partial charge >= 0.3 is 5.97 Å². The van der Waals surface area contributed by atoms with Crippen molar-refractivity contribution >= 4 is 34.2 Å². The fourth-order valence-corrected chi connectivity index (χ4v) is 3.01. The molecule has 6 nitrogen and oxygen atoms in total. The van der Waals surface area contributed by atoms with Crippen LogP contribution in [0, 0.1) is 10.1 Å². The van der Waals surface area contributed by atoms with Gasteiger partial charge < -0.3 is 10.1 Å². The minimum atomic E-state index is -0.430. The van der Waals surface area contributed by atoms with Gasteiger partial charge in [-0.15, -0.1) is 0 Å². The predicted octanol–water partition coefficient (Wildman–Crippen LogP) is 3.13. The van der Waals surface area contributed by atoms with E-state index in [4.69, 9.17) is 4.74 Å². The van der Waals surface area contributed by atoms with Gasteiger partial charge in [-0.3, -0.25) is 14.9 Å². The Morgan fingerprint density at radius 1 is 1.38 bits per heavy atom. The predicted molar refractivity (Wildman–Crippen MR) is 96.2 cm³/mol. The van der Waals surface area contributed by atoms with Crippen LogP contribution in [0.3, 0.4) is 0 Å². The third-order valence-electron chi connectivity index (χ3n) is 3.78. The molecule has 0 aliphatic carbocycles. The molecule has 24 heavy (non-hydrogen) atoms. The summed E-state index contributed by atoms with van der Waals surface area (Å²) >= 11 is 1.65. The largest absolute Gasteiger partial charge is 0.468 e. The summed E-state index contributed by atoms with van der Waals surface area (Å²) in [5, 5.41) is 16.1. The summed E-state index contributed by atoms with van der Waals surface area (Å²) in [6.07, 6.45) is 2.61. The molecule has 0 amide bonds. The highest BCUT2D eigenvalue weighted by Crippen LogP contribution is 2.25. The lowest BCUT2D eigenvalue weighted by atomic mass is 10.0. The summed E-state index contributed by atoms with van der Waals surface area (Å²) in [5.74, 6) is 0.501. The molecule has 0 spiro atoms. The normalized spacial score (nSPS) is 12.1. The van der Waals surface area contributed by atoms with Crippen molar-refractivity contribution in [2.24, 2.45) is 0 Å². The Hall–Kier alpha value is -2.12. The van der Waals surface area contributed by atoms with Crippen molar-refractivity contribution in [1.82, 2.24) is 5.32 Å². The molecule has 0 unspecified atom stereocenters. The van der Waals surface area contributed by atoms with Crippen molar-refractivity contribution in [3.63, 3.8) is 0 Å². The van der Waals surface area contributed by atoms with Crippen molar-refractivity contribution in [3.8, 4) is 0 Å². The quantitative estimate of drug-likeness (QED) is 0.448. The standard InChI is InChI=1S/C17H20N2O4S/c1-23-17(20)16(7-8-24-2)18-11-13-10-14(19(21)22)9-12-5-3-4-6-15(12)13/h3-6,9-10,16,18H,7-8,11H2,1-2H3/t16-/m0/s1. The minimum absolute atomic E-state index is 0.0456. The van der Waals surface area contributed by atoms with Crippen molar-refractivity contribution in [1.29, 1.82) is 0 Å². The van der Waals surface area contributed by atoms with E-state index in [0.29, 0.717) is 13.0 Å². The van der Waals surface area contributed by atoms with Crippen LogP contribution >= 0.6 is 11.8 Å². The fourth-order valence-electron chi connectivity index (χ4n) is 2.54. The Morgan fingerprint density at radius 2 is 2.12 bits per heavy atom. The number of methoxy groups -OCH3 is 1. The van der Waals surface area contributed by atoms with E-state index in [9.17, 15) is 14.9 Å². The second kappa shape index (κ2) is 8.65. The highest BCUT2D eigenvalue weighted by Gasteiger charge is 2.19. The number of fused-ring (bicyclic) bond motifs is 1. The molecule has 0 saturated carbocycles. The van der Waals surface area contributed by atoms with Gasteiger partial charge in [0.1, 0.15) is 6.04 Å². The zero-order valence-electron chi connectivity index (χ0n) is 13.7. The maximum atomic E-state index is 11.9. The lowest BCUT2D eigenvalue weighted by molar-refractivity contribution is -0.384. The first kappa shape index (κ1) is 18.2. The highest BCUT2D eigenvalue weighted by molar-refractivity contribution is 7.98. The summed E-state index contributed by atoms with van der Waals surface area (Å²) in [6.45, 7) is 0.357. The maximum absolute atomic E-state index is 11.9. The third-order valence-corrected chi connectivity index (χ3v) is 4.42. The lowest BCUT2D eigenvalue weighted by Crippen LogP contribution is -2.37. The zero-order valence-corrected chi connectivity index (χ0v) is 14.5. The molecule has 1 N–H and O–H groups in total. The van der Waals surface area contributed by atoms with Gasteiger partial charge in [0.25, 0.3) is 5.69 Å². The van der Waals surface area contributed by atoms with Crippen LogP contribution in [0.25, 0.3) is 10.8 Å². The first-order chi connectivity index (χ1) is 11.6. The van der Waals surface area contributed by atoms with Crippen LogP contribution in [0.2, 0.25) is 0 Å². The van der Waals surface area contributed by atoms with Crippen LogP contribution in [-0.2, 0) is 16.1 Å². The lowest BCUT2D eigenvalue weighted by Gasteiger charge is -2.17. The number of carbonyl (C=O) groups excluding carboxylic acids is 1. The molecule has 0 aliphatic heterocycles. The van der Waals surface area contributed by atoms with Gasteiger partial charge in [-0.2, -0.15) is 11.8 Å². The number of hydrogen-bond acceptors (Lipinski definition) is 6. The molecular weight excluding hydrogens is 328 g/mol. The van der Waals surface area contributed by atoms with Crippen molar-refractivity contribution in [2.75, 3.05) is 19.1 Å². The fraction of sp³-hybridized carbons (Fsp3) is 0.353. The number of thioether (sulfide) groups is 1. The number of carbonyl (C=O) groups is 1. The number of nitro benzene ring substituents is 1. The van der Waals surface area contributed by atoms with Crippen LogP contribution in [0.4, 0.5) is 5.69 Å². The van der Waals surface area contributed by atoms with Gasteiger partial charge in [0.15, 0.2) is 0 Å². The molecule has 0 radical (unpaired) electrons. The Bertz CT molecular complexity index is 736. The second-order valence-corrected chi connectivity index (χ2v) is 6.31. The molecule has 7 heteroatoms. The minimum Gasteiger partial charge on any atom is -0.468 e. The molecule has 0 heterocycles. The zero-order chi connectivity index (χ0) is 17.5. The molecule has 0 bridgehead atoms. The first-order valence-corrected chi connectivity index (χ1v) is 8.92. The number of non-ortho nitro benzene ring substituents is 1. The Kier molecular flexibility index (Phi) is 6.57. The summed E-state index contributed by atoms with van der Waals surface area (Å²) < 4.78 is 4.83. The molecule has 2 aromatic rings. The van der Waals surface area contributed by atoms with Gasteiger partial charge in [0.05, 0.1) is 12.0 Å². The van der Waals surface area contributed by atoms with Crippen LogP contribution in [0.15, 0.2) is 36.4 Å².